The SMILES string of the molecule is C[C@@H](N)c1ccc(OCCCC(C)(C)C#N)cc1. The fourth-order valence-electron chi connectivity index (χ4n) is 1.63. The van der Waals surface area contributed by atoms with Gasteiger partial charge < -0.3 is 10.5 Å². The minimum absolute atomic E-state index is 0.0514. The summed E-state index contributed by atoms with van der Waals surface area (Å²) in [6.07, 6.45) is 1.73. The first-order chi connectivity index (χ1) is 8.44. The van der Waals surface area contributed by atoms with Crippen LogP contribution in [0.3, 0.4) is 0 Å². The van der Waals surface area contributed by atoms with Gasteiger partial charge in [-0.1, -0.05) is 12.1 Å². The van der Waals surface area contributed by atoms with Crippen LogP contribution in [0, 0.1) is 16.7 Å². The fraction of sp³-hybridized carbons (Fsp3) is 0.533. The average molecular weight is 246 g/mol. The van der Waals surface area contributed by atoms with Crippen LogP contribution < -0.4 is 10.5 Å². The molecule has 0 aromatic heterocycles. The monoisotopic (exact) mass is 246 g/mol. The zero-order valence-electron chi connectivity index (χ0n) is 11.4. The number of rotatable bonds is 6. The molecule has 0 unspecified atom stereocenters. The van der Waals surface area contributed by atoms with E-state index >= 15 is 0 Å². The molecule has 0 radical (unpaired) electrons. The normalized spacial score (nSPS) is 12.8. The van der Waals surface area contributed by atoms with Crippen LogP contribution in [-0.4, -0.2) is 6.61 Å². The summed E-state index contributed by atoms with van der Waals surface area (Å²) in [7, 11) is 0. The highest BCUT2D eigenvalue weighted by Crippen LogP contribution is 2.21. The van der Waals surface area contributed by atoms with E-state index in [1.807, 2.05) is 45.0 Å². The first-order valence-electron chi connectivity index (χ1n) is 6.34. The van der Waals surface area contributed by atoms with E-state index in [1.54, 1.807) is 0 Å². The van der Waals surface area contributed by atoms with E-state index < -0.39 is 0 Å². The van der Waals surface area contributed by atoms with Gasteiger partial charge in [-0.05, 0) is 51.3 Å². The standard InChI is InChI=1S/C15H22N2O/c1-12(17)13-5-7-14(8-6-13)18-10-4-9-15(2,3)11-16/h5-8,12H,4,9-10,17H2,1-3H3/t12-/m1/s1. The molecule has 0 saturated heterocycles. The van der Waals surface area contributed by atoms with E-state index in [2.05, 4.69) is 6.07 Å². The number of hydrogen-bond donors (Lipinski definition) is 1. The van der Waals surface area contributed by atoms with Crippen LogP contribution in [0.4, 0.5) is 0 Å². The molecule has 0 amide bonds. The molecule has 2 N–H and O–H groups in total. The second-order valence-electron chi connectivity index (χ2n) is 5.31. The van der Waals surface area contributed by atoms with E-state index in [-0.39, 0.29) is 11.5 Å². The molecule has 1 rings (SSSR count). The van der Waals surface area contributed by atoms with Crippen molar-refractivity contribution in [1.82, 2.24) is 0 Å². The zero-order chi connectivity index (χ0) is 13.6. The summed E-state index contributed by atoms with van der Waals surface area (Å²) in [5, 5.41) is 8.89. The summed E-state index contributed by atoms with van der Waals surface area (Å²) in [5.74, 6) is 0.856. The first-order valence-corrected chi connectivity index (χ1v) is 6.34. The third kappa shape index (κ3) is 4.77. The maximum atomic E-state index is 8.89. The van der Waals surface area contributed by atoms with Crippen LogP contribution in [-0.2, 0) is 0 Å². The van der Waals surface area contributed by atoms with Crippen LogP contribution in [0.15, 0.2) is 24.3 Å². The third-order valence-electron chi connectivity index (χ3n) is 2.92. The number of nitrogens with two attached hydrogens (primary N) is 1. The maximum absolute atomic E-state index is 8.89. The Bertz CT molecular complexity index is 401. The lowest BCUT2D eigenvalue weighted by molar-refractivity contribution is 0.284. The topological polar surface area (TPSA) is 59.0 Å². The molecule has 3 heteroatoms. The molecule has 0 heterocycles. The van der Waals surface area contributed by atoms with E-state index in [9.17, 15) is 0 Å². The van der Waals surface area contributed by atoms with Crippen LogP contribution in [0.1, 0.15) is 45.2 Å². The Labute approximate surface area is 110 Å². The summed E-state index contributed by atoms with van der Waals surface area (Å²) in [4.78, 5) is 0. The molecule has 0 spiro atoms. The lowest BCUT2D eigenvalue weighted by Crippen LogP contribution is -2.10. The lowest BCUT2D eigenvalue weighted by Gasteiger charge is -2.15. The summed E-state index contributed by atoms with van der Waals surface area (Å²) < 4.78 is 5.63. The number of nitriles is 1. The molecule has 1 atom stereocenters. The molecular weight excluding hydrogens is 224 g/mol. The Morgan fingerprint density at radius 3 is 2.44 bits per heavy atom. The highest BCUT2D eigenvalue weighted by atomic mass is 16.5. The Morgan fingerprint density at radius 1 is 1.33 bits per heavy atom. The molecule has 0 saturated carbocycles. The van der Waals surface area contributed by atoms with Crippen molar-refractivity contribution in [3.63, 3.8) is 0 Å². The molecule has 1 aromatic carbocycles. The third-order valence-corrected chi connectivity index (χ3v) is 2.92. The molecule has 3 nitrogen and oxygen atoms in total. The highest BCUT2D eigenvalue weighted by Gasteiger charge is 2.15. The van der Waals surface area contributed by atoms with Crippen LogP contribution >= 0.6 is 0 Å². The first kappa shape index (κ1) is 14.5. The highest BCUT2D eigenvalue weighted by molar-refractivity contribution is 5.28. The van der Waals surface area contributed by atoms with Gasteiger partial charge in [-0.2, -0.15) is 5.26 Å². The molecule has 0 aliphatic heterocycles. The number of nitrogens with zero attached hydrogens (tertiary/aromatic N) is 1. The molecule has 0 aliphatic rings. The molecular formula is C15H22N2O. The molecule has 18 heavy (non-hydrogen) atoms. The van der Waals surface area contributed by atoms with E-state index in [1.165, 1.54) is 0 Å². The van der Waals surface area contributed by atoms with Gasteiger partial charge in [0.25, 0.3) is 0 Å². The van der Waals surface area contributed by atoms with Crippen molar-refractivity contribution in [2.75, 3.05) is 6.61 Å². The molecule has 0 bridgehead atoms. The van der Waals surface area contributed by atoms with Crippen LogP contribution in [0.2, 0.25) is 0 Å². The van der Waals surface area contributed by atoms with Crippen molar-refractivity contribution in [1.29, 1.82) is 5.26 Å². The van der Waals surface area contributed by atoms with Crippen molar-refractivity contribution >= 4 is 0 Å². The largest absolute Gasteiger partial charge is 0.494 e. The van der Waals surface area contributed by atoms with Crippen molar-refractivity contribution < 1.29 is 4.74 Å². The van der Waals surface area contributed by atoms with Gasteiger partial charge in [0.05, 0.1) is 18.1 Å². The number of benzene rings is 1. The summed E-state index contributed by atoms with van der Waals surface area (Å²) in [5.41, 5.74) is 6.62. The van der Waals surface area contributed by atoms with Crippen molar-refractivity contribution in [2.24, 2.45) is 11.1 Å². The fourth-order valence-corrected chi connectivity index (χ4v) is 1.63. The van der Waals surface area contributed by atoms with E-state index in [4.69, 9.17) is 15.7 Å². The van der Waals surface area contributed by atoms with Gasteiger partial charge in [-0.15, -0.1) is 0 Å². The minimum atomic E-state index is -0.262. The lowest BCUT2D eigenvalue weighted by atomic mass is 9.90. The van der Waals surface area contributed by atoms with Gasteiger partial charge in [-0.25, -0.2) is 0 Å². The van der Waals surface area contributed by atoms with Crippen molar-refractivity contribution in [2.45, 2.75) is 39.7 Å². The zero-order valence-corrected chi connectivity index (χ0v) is 11.4. The van der Waals surface area contributed by atoms with Gasteiger partial charge >= 0.3 is 0 Å². The molecule has 0 fully saturated rings. The predicted octanol–water partition coefficient (Wildman–Crippen LogP) is 3.42. The van der Waals surface area contributed by atoms with Gasteiger partial charge in [0.2, 0.25) is 0 Å². The van der Waals surface area contributed by atoms with Gasteiger partial charge in [0.15, 0.2) is 0 Å². The van der Waals surface area contributed by atoms with Crippen molar-refractivity contribution in [3.8, 4) is 11.8 Å². The van der Waals surface area contributed by atoms with Gasteiger partial charge in [0, 0.05) is 6.04 Å². The smallest absolute Gasteiger partial charge is 0.119 e. The van der Waals surface area contributed by atoms with E-state index in [0.29, 0.717) is 6.61 Å². The average Bonchev–Trinajstić information content (AvgIpc) is 2.35. The Balaban J connectivity index is 2.34. The minimum Gasteiger partial charge on any atom is -0.494 e. The maximum Gasteiger partial charge on any atom is 0.119 e. The van der Waals surface area contributed by atoms with Crippen LogP contribution in [0.25, 0.3) is 0 Å². The summed E-state index contributed by atoms with van der Waals surface area (Å²) >= 11 is 0. The summed E-state index contributed by atoms with van der Waals surface area (Å²) in [6.45, 7) is 6.50. The Kier molecular flexibility index (Phi) is 5.18. The number of ether oxygens (including phenoxy) is 1. The van der Waals surface area contributed by atoms with E-state index in [0.717, 1.165) is 24.2 Å². The van der Waals surface area contributed by atoms with Gasteiger partial charge in [-0.3, -0.25) is 0 Å². The second-order valence-corrected chi connectivity index (χ2v) is 5.31. The van der Waals surface area contributed by atoms with Gasteiger partial charge in [0.1, 0.15) is 5.75 Å². The Hall–Kier alpha value is -1.53. The van der Waals surface area contributed by atoms with Crippen LogP contribution in [0.5, 0.6) is 5.75 Å². The number of hydrogen-bond acceptors (Lipinski definition) is 3. The van der Waals surface area contributed by atoms with Crippen molar-refractivity contribution in [3.05, 3.63) is 29.8 Å². The predicted molar refractivity (Wildman–Crippen MR) is 73.2 cm³/mol. The second kappa shape index (κ2) is 6.42. The Morgan fingerprint density at radius 2 is 1.94 bits per heavy atom. The quantitative estimate of drug-likeness (QED) is 0.782. The molecule has 1 aromatic rings. The molecule has 98 valence electrons. The molecule has 0 aliphatic carbocycles. The summed E-state index contributed by atoms with van der Waals surface area (Å²) in [6, 6.07) is 10.2.